The number of carbonyl (C=O) groups is 1. The van der Waals surface area contributed by atoms with E-state index in [2.05, 4.69) is 34.7 Å². The number of nitrogens with zero attached hydrogens (tertiary/aromatic N) is 6. The zero-order valence-corrected chi connectivity index (χ0v) is 22.8. The molecule has 0 unspecified atom stereocenters. The Morgan fingerprint density at radius 1 is 1.00 bits per heavy atom. The van der Waals surface area contributed by atoms with Crippen LogP contribution in [-0.2, 0) is 35.0 Å². The van der Waals surface area contributed by atoms with E-state index in [1.165, 1.54) is 4.90 Å². The number of hydrogen-bond donors (Lipinski definition) is 0. The Kier molecular flexibility index (Phi) is 9.41. The van der Waals surface area contributed by atoms with Crippen molar-refractivity contribution in [3.63, 3.8) is 0 Å². The number of alkyl halides is 6. The highest BCUT2D eigenvalue weighted by Gasteiger charge is 2.36. The molecule has 0 aromatic carbocycles. The molecule has 39 heavy (non-hydrogen) atoms. The topological polar surface area (TPSA) is 93.5 Å². The van der Waals surface area contributed by atoms with Crippen LogP contribution in [-0.4, -0.2) is 71.4 Å². The average Bonchev–Trinajstić information content (AvgIpc) is 2.84. The molecule has 1 saturated heterocycles. The molecule has 0 bridgehead atoms. The summed E-state index contributed by atoms with van der Waals surface area (Å²) < 4.78 is 84.6. The second-order valence-corrected chi connectivity index (χ2v) is 16.0. The average molecular weight is 581 g/mol. The maximum absolute atomic E-state index is 13.5. The minimum absolute atomic E-state index is 0.0686. The van der Waals surface area contributed by atoms with Crippen LogP contribution in [0.1, 0.15) is 23.2 Å². The molecule has 0 atom stereocenters. The number of hydrogen-bond acceptors (Lipinski definition) is 7. The predicted molar refractivity (Wildman–Crippen MR) is 132 cm³/mol. The molecule has 0 saturated carbocycles. The van der Waals surface area contributed by atoms with E-state index in [9.17, 15) is 35.9 Å². The van der Waals surface area contributed by atoms with E-state index in [4.69, 9.17) is 4.74 Å². The molecular formula is C23H30F6N6O3Si. The summed E-state index contributed by atoms with van der Waals surface area (Å²) in [6, 6.07) is 1.42. The number of rotatable bonds is 9. The molecule has 1 fully saturated rings. The molecule has 2 aromatic rings. The Morgan fingerprint density at radius 2 is 1.62 bits per heavy atom. The van der Waals surface area contributed by atoms with Crippen molar-refractivity contribution in [3.8, 4) is 0 Å². The molecular weight excluding hydrogens is 550 g/mol. The predicted octanol–water partition coefficient (Wildman–Crippen LogP) is 3.66. The smallest absolute Gasteiger partial charge is 0.359 e. The number of ether oxygens (including phenoxy) is 1. The van der Waals surface area contributed by atoms with Gasteiger partial charge in [0.15, 0.2) is 0 Å². The Labute approximate surface area is 221 Å². The summed E-state index contributed by atoms with van der Waals surface area (Å²) in [5.74, 6) is -0.226. The first kappa shape index (κ1) is 30.5. The van der Waals surface area contributed by atoms with E-state index in [-0.39, 0.29) is 63.2 Å². The zero-order chi connectivity index (χ0) is 29.0. The molecule has 0 radical (unpaired) electrons. The number of anilines is 1. The van der Waals surface area contributed by atoms with Crippen molar-refractivity contribution >= 4 is 19.9 Å². The Morgan fingerprint density at radius 3 is 2.15 bits per heavy atom. The SMILES string of the molecule is C[Si](C)(C)CCOCn1nc(CCC(=O)N2CCN(c3ncc(C(F)(F)F)cn3)CC2)cc(C(F)(F)F)c1=O. The van der Waals surface area contributed by atoms with Gasteiger partial charge in [-0.15, -0.1) is 0 Å². The highest BCUT2D eigenvalue weighted by Crippen LogP contribution is 2.29. The summed E-state index contributed by atoms with van der Waals surface area (Å²) in [4.78, 5) is 35.7. The normalized spacial score (nSPS) is 15.1. The highest BCUT2D eigenvalue weighted by atomic mass is 28.3. The van der Waals surface area contributed by atoms with E-state index in [0.29, 0.717) is 23.1 Å². The number of carbonyl (C=O) groups excluding carboxylic acids is 1. The van der Waals surface area contributed by atoms with Crippen molar-refractivity contribution in [3.05, 3.63) is 45.6 Å². The second-order valence-electron chi connectivity index (χ2n) is 10.3. The maximum Gasteiger partial charge on any atom is 0.421 e. The van der Waals surface area contributed by atoms with Gasteiger partial charge in [-0.2, -0.15) is 31.4 Å². The molecule has 2 aromatic heterocycles. The lowest BCUT2D eigenvalue weighted by Gasteiger charge is -2.34. The first-order valence-corrected chi connectivity index (χ1v) is 15.9. The van der Waals surface area contributed by atoms with Crippen LogP contribution in [0, 0.1) is 0 Å². The summed E-state index contributed by atoms with van der Waals surface area (Å²) in [5, 5.41) is 3.99. The van der Waals surface area contributed by atoms with Gasteiger partial charge in [0.05, 0.1) is 11.3 Å². The lowest BCUT2D eigenvalue weighted by molar-refractivity contribution is -0.139. The van der Waals surface area contributed by atoms with Crippen molar-refractivity contribution in [2.45, 2.75) is 57.6 Å². The van der Waals surface area contributed by atoms with E-state index in [0.717, 1.165) is 6.04 Å². The number of aryl methyl sites for hydroxylation is 1. The molecule has 1 amide bonds. The van der Waals surface area contributed by atoms with Gasteiger partial charge in [-0.25, -0.2) is 14.6 Å². The summed E-state index contributed by atoms with van der Waals surface area (Å²) >= 11 is 0. The Bertz CT molecular complexity index is 1190. The lowest BCUT2D eigenvalue weighted by Crippen LogP contribution is -2.49. The van der Waals surface area contributed by atoms with Crippen molar-refractivity contribution in [1.82, 2.24) is 24.6 Å². The third-order valence-electron chi connectivity index (χ3n) is 6.02. The van der Waals surface area contributed by atoms with Crippen molar-refractivity contribution in [2.75, 3.05) is 37.7 Å². The van der Waals surface area contributed by atoms with E-state index >= 15 is 0 Å². The van der Waals surface area contributed by atoms with Crippen LogP contribution in [0.2, 0.25) is 25.7 Å². The van der Waals surface area contributed by atoms with Gasteiger partial charge in [0.25, 0.3) is 5.56 Å². The minimum Gasteiger partial charge on any atom is -0.359 e. The summed E-state index contributed by atoms with van der Waals surface area (Å²) in [7, 11) is -1.44. The standard InChI is InChI=1S/C23H30F6N6O3Si/c1-39(2,3)11-10-38-15-35-20(37)18(23(27,28)29)12-17(32-35)4-5-19(36)33-6-8-34(9-7-33)21-30-13-16(14-31-21)22(24,25)26/h12-14H,4-11,15H2,1-3H3. The van der Waals surface area contributed by atoms with Gasteiger partial charge in [0, 0.05) is 66.1 Å². The van der Waals surface area contributed by atoms with Gasteiger partial charge >= 0.3 is 12.4 Å². The number of piperazine rings is 1. The van der Waals surface area contributed by atoms with E-state index in [1.807, 2.05) is 0 Å². The molecule has 3 heterocycles. The largest absolute Gasteiger partial charge is 0.421 e. The van der Waals surface area contributed by atoms with Crippen LogP contribution in [0.25, 0.3) is 0 Å². The number of amides is 1. The molecule has 1 aliphatic heterocycles. The van der Waals surface area contributed by atoms with Crippen LogP contribution < -0.4 is 10.5 Å². The van der Waals surface area contributed by atoms with Crippen LogP contribution in [0.3, 0.4) is 0 Å². The molecule has 1 aliphatic rings. The van der Waals surface area contributed by atoms with Gasteiger partial charge in [0.2, 0.25) is 11.9 Å². The minimum atomic E-state index is -4.89. The summed E-state index contributed by atoms with van der Waals surface area (Å²) in [6.07, 6.45) is -8.32. The number of halogens is 6. The maximum atomic E-state index is 13.5. The number of aromatic nitrogens is 4. The van der Waals surface area contributed by atoms with E-state index < -0.39 is 43.8 Å². The van der Waals surface area contributed by atoms with Crippen LogP contribution in [0.4, 0.5) is 32.3 Å². The van der Waals surface area contributed by atoms with Crippen LogP contribution >= 0.6 is 0 Å². The second kappa shape index (κ2) is 12.0. The zero-order valence-electron chi connectivity index (χ0n) is 21.8. The molecule has 0 aliphatic carbocycles. The molecule has 9 nitrogen and oxygen atoms in total. The van der Waals surface area contributed by atoms with Crippen LogP contribution in [0.15, 0.2) is 23.3 Å². The van der Waals surface area contributed by atoms with E-state index in [1.54, 1.807) is 4.90 Å². The van der Waals surface area contributed by atoms with Gasteiger partial charge in [-0.1, -0.05) is 19.6 Å². The Balaban J connectivity index is 1.59. The summed E-state index contributed by atoms with van der Waals surface area (Å²) in [5.41, 5.74) is -3.72. The first-order valence-electron chi connectivity index (χ1n) is 12.2. The third-order valence-corrected chi connectivity index (χ3v) is 7.72. The van der Waals surface area contributed by atoms with Crippen molar-refractivity contribution in [1.29, 1.82) is 0 Å². The molecule has 3 rings (SSSR count). The first-order chi connectivity index (χ1) is 18.0. The fourth-order valence-electron chi connectivity index (χ4n) is 3.72. The monoisotopic (exact) mass is 580 g/mol. The Hall–Kier alpha value is -3.01. The highest BCUT2D eigenvalue weighted by molar-refractivity contribution is 6.76. The quantitative estimate of drug-likeness (QED) is 0.254. The summed E-state index contributed by atoms with van der Waals surface area (Å²) in [6.45, 7) is 7.21. The molecule has 216 valence electrons. The fourth-order valence-corrected chi connectivity index (χ4v) is 4.48. The fraction of sp³-hybridized carbons (Fsp3) is 0.609. The molecule has 16 heteroatoms. The molecule has 0 N–H and O–H groups in total. The van der Waals surface area contributed by atoms with Crippen molar-refractivity contribution in [2.24, 2.45) is 0 Å². The van der Waals surface area contributed by atoms with Crippen molar-refractivity contribution < 1.29 is 35.9 Å². The third kappa shape index (κ3) is 8.74. The van der Waals surface area contributed by atoms with Gasteiger partial charge in [-0.05, 0) is 12.1 Å². The van der Waals surface area contributed by atoms with Gasteiger partial charge in [-0.3, -0.25) is 9.59 Å². The van der Waals surface area contributed by atoms with Crippen LogP contribution in [0.5, 0.6) is 0 Å². The molecule has 0 spiro atoms. The van der Waals surface area contributed by atoms with Gasteiger partial charge < -0.3 is 14.5 Å². The lowest BCUT2D eigenvalue weighted by atomic mass is 10.1. The van der Waals surface area contributed by atoms with Gasteiger partial charge in [0.1, 0.15) is 12.3 Å².